The minimum atomic E-state index is -0.898. The van der Waals surface area contributed by atoms with Crippen molar-refractivity contribution in [2.24, 2.45) is 0 Å². The maximum Gasteiger partial charge on any atom is 0.257 e. The standard InChI is InChI=1S/C34H30N6O2/c41-33-29-20-28(25-6-2-1-3-7-25)32(38-30(29)13-17-36-33)26-11-9-24(10-12-26)22-39-18-14-34(42,15-19-39)27-21-37-40(23-27)31-8-4-5-16-35-31/h1-13,16-17,20-21,23,42H,14-15,18-19,22H2,(H,36,41). The number of nitrogens with one attached hydrogen (secondary N) is 1. The number of likely N-dealkylation sites (tertiary alicyclic amines) is 1. The Labute approximate surface area is 243 Å². The molecule has 0 aliphatic carbocycles. The lowest BCUT2D eigenvalue weighted by molar-refractivity contribution is -0.0277. The van der Waals surface area contributed by atoms with Gasteiger partial charge in [-0.2, -0.15) is 5.10 Å². The summed E-state index contributed by atoms with van der Waals surface area (Å²) < 4.78 is 1.72. The molecular weight excluding hydrogens is 524 g/mol. The van der Waals surface area contributed by atoms with E-state index in [4.69, 9.17) is 4.98 Å². The van der Waals surface area contributed by atoms with Crippen LogP contribution >= 0.6 is 0 Å². The van der Waals surface area contributed by atoms with Gasteiger partial charge in [-0.25, -0.2) is 14.6 Å². The van der Waals surface area contributed by atoms with Crippen molar-refractivity contribution in [3.8, 4) is 28.2 Å². The zero-order valence-electron chi connectivity index (χ0n) is 23.0. The summed E-state index contributed by atoms with van der Waals surface area (Å²) in [5, 5.41) is 16.4. The number of rotatable bonds is 6. The third-order valence-corrected chi connectivity index (χ3v) is 8.16. The van der Waals surface area contributed by atoms with Gasteiger partial charge in [0.25, 0.3) is 5.56 Å². The lowest BCUT2D eigenvalue weighted by atomic mass is 9.86. The van der Waals surface area contributed by atoms with E-state index in [-0.39, 0.29) is 5.56 Å². The van der Waals surface area contributed by atoms with Crippen LogP contribution in [0.2, 0.25) is 0 Å². The number of hydrogen-bond donors (Lipinski definition) is 2. The fourth-order valence-electron chi connectivity index (χ4n) is 5.74. The summed E-state index contributed by atoms with van der Waals surface area (Å²) >= 11 is 0. The van der Waals surface area contributed by atoms with Crippen LogP contribution in [0.1, 0.15) is 24.0 Å². The van der Waals surface area contributed by atoms with Crippen molar-refractivity contribution in [1.82, 2.24) is 29.6 Å². The van der Waals surface area contributed by atoms with Crippen LogP contribution in [0.4, 0.5) is 0 Å². The molecule has 0 unspecified atom stereocenters. The van der Waals surface area contributed by atoms with Gasteiger partial charge in [-0.3, -0.25) is 9.69 Å². The molecule has 1 fully saturated rings. The van der Waals surface area contributed by atoms with Crippen molar-refractivity contribution in [1.29, 1.82) is 0 Å². The molecule has 7 rings (SSSR count). The Balaban J connectivity index is 1.08. The van der Waals surface area contributed by atoms with Crippen molar-refractivity contribution in [3.63, 3.8) is 0 Å². The van der Waals surface area contributed by atoms with E-state index in [1.807, 2.05) is 66.9 Å². The van der Waals surface area contributed by atoms with Gasteiger partial charge in [-0.05, 0) is 48.2 Å². The number of fused-ring (bicyclic) bond motifs is 1. The molecule has 0 spiro atoms. The van der Waals surface area contributed by atoms with E-state index in [9.17, 15) is 9.90 Å². The van der Waals surface area contributed by atoms with Crippen LogP contribution in [0.5, 0.6) is 0 Å². The van der Waals surface area contributed by atoms with Crippen LogP contribution in [-0.2, 0) is 12.1 Å². The molecule has 5 heterocycles. The number of aliphatic hydroxyl groups is 1. The Kier molecular flexibility index (Phi) is 6.70. The normalized spacial score (nSPS) is 15.2. The van der Waals surface area contributed by atoms with Gasteiger partial charge >= 0.3 is 0 Å². The number of benzene rings is 2. The topological polar surface area (TPSA) is 99.9 Å². The van der Waals surface area contributed by atoms with Gasteiger partial charge in [-0.1, -0.05) is 60.7 Å². The Morgan fingerprint density at radius 2 is 1.69 bits per heavy atom. The Hall–Kier alpha value is -4.92. The number of nitrogens with zero attached hydrogens (tertiary/aromatic N) is 5. The molecule has 4 aromatic heterocycles. The van der Waals surface area contributed by atoms with Crippen molar-refractivity contribution < 1.29 is 5.11 Å². The Bertz CT molecular complexity index is 1890. The molecule has 1 aliphatic rings. The molecule has 2 N–H and O–H groups in total. The molecular formula is C34H30N6O2. The molecule has 6 aromatic rings. The number of aromatic amines is 1. The average Bonchev–Trinajstić information content (AvgIpc) is 3.55. The zero-order chi connectivity index (χ0) is 28.5. The van der Waals surface area contributed by atoms with Crippen molar-refractivity contribution >= 4 is 10.9 Å². The molecule has 0 bridgehead atoms. The second-order valence-electron chi connectivity index (χ2n) is 10.9. The van der Waals surface area contributed by atoms with Gasteiger partial charge in [-0.15, -0.1) is 0 Å². The zero-order valence-corrected chi connectivity index (χ0v) is 23.0. The van der Waals surface area contributed by atoms with Crippen LogP contribution in [0.15, 0.2) is 115 Å². The summed E-state index contributed by atoms with van der Waals surface area (Å²) in [5.74, 6) is 0.733. The molecule has 8 nitrogen and oxygen atoms in total. The summed E-state index contributed by atoms with van der Waals surface area (Å²) in [4.78, 5) is 26.9. The second kappa shape index (κ2) is 10.8. The SMILES string of the molecule is O=c1[nH]ccc2nc(-c3ccc(CN4CCC(O)(c5cnn(-c6ccccn6)c5)CC4)cc3)c(-c3ccccc3)cc12. The molecule has 0 atom stereocenters. The van der Waals surface area contributed by atoms with E-state index >= 15 is 0 Å². The highest BCUT2D eigenvalue weighted by atomic mass is 16.3. The van der Waals surface area contributed by atoms with E-state index in [0.29, 0.717) is 23.7 Å². The Morgan fingerprint density at radius 1 is 0.905 bits per heavy atom. The van der Waals surface area contributed by atoms with E-state index < -0.39 is 5.60 Å². The highest BCUT2D eigenvalue weighted by Gasteiger charge is 2.35. The molecule has 2 aromatic carbocycles. The fourth-order valence-corrected chi connectivity index (χ4v) is 5.74. The van der Waals surface area contributed by atoms with Crippen molar-refractivity contribution in [2.45, 2.75) is 25.0 Å². The van der Waals surface area contributed by atoms with Crippen molar-refractivity contribution in [2.75, 3.05) is 13.1 Å². The van der Waals surface area contributed by atoms with E-state index in [1.54, 1.807) is 23.3 Å². The molecule has 0 saturated carbocycles. The van der Waals surface area contributed by atoms with Gasteiger partial charge in [0.1, 0.15) is 0 Å². The summed E-state index contributed by atoms with van der Waals surface area (Å²) in [6, 6.07) is 28.0. The first-order valence-corrected chi connectivity index (χ1v) is 14.1. The molecule has 8 heteroatoms. The van der Waals surface area contributed by atoms with Crippen LogP contribution < -0.4 is 5.56 Å². The molecule has 0 amide bonds. The van der Waals surface area contributed by atoms with E-state index in [2.05, 4.69) is 44.2 Å². The van der Waals surface area contributed by atoms with Gasteiger partial charge in [0, 0.05) is 54.9 Å². The maximum absolute atomic E-state index is 12.5. The first-order chi connectivity index (χ1) is 20.6. The van der Waals surface area contributed by atoms with Crippen LogP contribution in [0.3, 0.4) is 0 Å². The molecule has 208 valence electrons. The number of pyridine rings is 3. The van der Waals surface area contributed by atoms with E-state index in [0.717, 1.165) is 53.4 Å². The van der Waals surface area contributed by atoms with Gasteiger partial charge < -0.3 is 10.1 Å². The molecule has 1 saturated heterocycles. The molecule has 1 aliphatic heterocycles. The highest BCUT2D eigenvalue weighted by Crippen LogP contribution is 2.35. The minimum Gasteiger partial charge on any atom is -0.385 e. The van der Waals surface area contributed by atoms with Crippen molar-refractivity contribution in [3.05, 3.63) is 131 Å². The smallest absolute Gasteiger partial charge is 0.257 e. The number of hydrogen-bond acceptors (Lipinski definition) is 6. The summed E-state index contributed by atoms with van der Waals surface area (Å²) in [6.07, 6.45) is 8.29. The monoisotopic (exact) mass is 554 g/mol. The van der Waals surface area contributed by atoms with Gasteiger partial charge in [0.15, 0.2) is 5.82 Å². The Morgan fingerprint density at radius 3 is 2.45 bits per heavy atom. The maximum atomic E-state index is 12.5. The number of aromatic nitrogens is 5. The fraction of sp³-hybridized carbons (Fsp3) is 0.176. The van der Waals surface area contributed by atoms with Crippen LogP contribution in [0, 0.1) is 0 Å². The number of H-pyrrole nitrogens is 1. The quantitative estimate of drug-likeness (QED) is 0.289. The van der Waals surface area contributed by atoms with Crippen LogP contribution in [-0.4, -0.2) is 47.8 Å². The predicted octanol–water partition coefficient (Wildman–Crippen LogP) is 5.32. The first kappa shape index (κ1) is 26.0. The summed E-state index contributed by atoms with van der Waals surface area (Å²) in [6.45, 7) is 2.37. The summed E-state index contributed by atoms with van der Waals surface area (Å²) in [7, 11) is 0. The third kappa shape index (κ3) is 5.02. The highest BCUT2D eigenvalue weighted by molar-refractivity contribution is 5.91. The lowest BCUT2D eigenvalue weighted by Crippen LogP contribution is -2.42. The lowest BCUT2D eigenvalue weighted by Gasteiger charge is -2.37. The van der Waals surface area contributed by atoms with Gasteiger partial charge in [0.2, 0.25) is 0 Å². The predicted molar refractivity (Wildman–Crippen MR) is 163 cm³/mol. The minimum absolute atomic E-state index is 0.144. The molecule has 0 radical (unpaired) electrons. The first-order valence-electron chi connectivity index (χ1n) is 14.1. The van der Waals surface area contributed by atoms with Gasteiger partial charge in [0.05, 0.1) is 28.4 Å². The molecule has 42 heavy (non-hydrogen) atoms. The van der Waals surface area contributed by atoms with Crippen LogP contribution in [0.25, 0.3) is 39.1 Å². The number of piperidine rings is 1. The van der Waals surface area contributed by atoms with E-state index in [1.165, 1.54) is 5.56 Å². The second-order valence-corrected chi connectivity index (χ2v) is 10.9. The largest absolute Gasteiger partial charge is 0.385 e. The third-order valence-electron chi connectivity index (χ3n) is 8.16. The summed E-state index contributed by atoms with van der Waals surface area (Å²) in [5.41, 5.74) is 5.44. The average molecular weight is 555 g/mol.